The Morgan fingerprint density at radius 3 is 2.95 bits per heavy atom. The van der Waals surface area contributed by atoms with Crippen molar-refractivity contribution in [2.75, 3.05) is 6.54 Å². The monoisotopic (exact) mass is 306 g/mol. The van der Waals surface area contributed by atoms with Crippen LogP contribution in [0.1, 0.15) is 11.7 Å². The maximum Gasteiger partial charge on any atom is 0.283 e. The quantitative estimate of drug-likeness (QED) is 0.682. The number of nitrogens with zero attached hydrogens (tertiary/aromatic N) is 5. The predicted molar refractivity (Wildman–Crippen MR) is 75.4 cm³/mol. The van der Waals surface area contributed by atoms with Gasteiger partial charge in [-0.1, -0.05) is 11.8 Å². The van der Waals surface area contributed by atoms with E-state index in [1.807, 2.05) is 11.5 Å². The molecule has 3 aromatic heterocycles. The third kappa shape index (κ3) is 2.98. The van der Waals surface area contributed by atoms with Gasteiger partial charge in [0.05, 0.1) is 12.0 Å². The van der Waals surface area contributed by atoms with Crippen LogP contribution in [0.15, 0.2) is 32.4 Å². The first-order chi connectivity index (χ1) is 10.3. The lowest BCUT2D eigenvalue weighted by Crippen LogP contribution is -2.12. The van der Waals surface area contributed by atoms with E-state index in [4.69, 9.17) is 14.6 Å². The molecule has 0 aliphatic heterocycles. The highest BCUT2D eigenvalue weighted by Crippen LogP contribution is 2.24. The molecular weight excluding hydrogens is 292 g/mol. The highest BCUT2D eigenvalue weighted by molar-refractivity contribution is 7.98. The van der Waals surface area contributed by atoms with E-state index in [0.29, 0.717) is 36.4 Å². The molecule has 0 spiro atoms. The molecule has 0 aliphatic rings. The van der Waals surface area contributed by atoms with Crippen molar-refractivity contribution < 1.29 is 8.83 Å². The third-order valence-electron chi connectivity index (χ3n) is 2.78. The standard InChI is InChI=1S/C12H14N6O2S/c1-8-14-17-12(18(8)5-4-13)21-7-10-15-16-11(20-10)9-3-2-6-19-9/h2-3,6H,4-5,7,13H2,1H3. The second-order valence-electron chi connectivity index (χ2n) is 4.24. The number of hydrogen-bond donors (Lipinski definition) is 1. The highest BCUT2D eigenvalue weighted by Gasteiger charge is 2.13. The SMILES string of the molecule is Cc1nnc(SCc2nnc(-c3ccco3)o2)n1CCN. The number of aromatic nitrogens is 5. The van der Waals surface area contributed by atoms with Crippen molar-refractivity contribution in [1.29, 1.82) is 0 Å². The number of hydrogen-bond acceptors (Lipinski definition) is 8. The molecule has 21 heavy (non-hydrogen) atoms. The van der Waals surface area contributed by atoms with Crippen molar-refractivity contribution in [3.05, 3.63) is 30.1 Å². The van der Waals surface area contributed by atoms with Gasteiger partial charge in [-0.25, -0.2) is 0 Å². The zero-order chi connectivity index (χ0) is 14.7. The van der Waals surface area contributed by atoms with Crippen LogP contribution < -0.4 is 5.73 Å². The average Bonchev–Trinajstić information content (AvgIpc) is 3.19. The summed E-state index contributed by atoms with van der Waals surface area (Å²) in [5.74, 6) is 2.78. The molecule has 110 valence electrons. The minimum atomic E-state index is 0.371. The van der Waals surface area contributed by atoms with Crippen LogP contribution in [-0.2, 0) is 12.3 Å². The Labute approximate surface area is 124 Å². The molecule has 9 heteroatoms. The first-order valence-electron chi connectivity index (χ1n) is 6.37. The number of furan rings is 1. The van der Waals surface area contributed by atoms with E-state index >= 15 is 0 Å². The van der Waals surface area contributed by atoms with Gasteiger partial charge in [0, 0.05) is 13.1 Å². The first kappa shape index (κ1) is 13.8. The Balaban J connectivity index is 1.68. The molecule has 0 fully saturated rings. The molecule has 2 N–H and O–H groups in total. The fourth-order valence-corrected chi connectivity index (χ4v) is 2.64. The maximum atomic E-state index is 5.59. The second-order valence-corrected chi connectivity index (χ2v) is 5.18. The van der Waals surface area contributed by atoms with Crippen molar-refractivity contribution in [2.24, 2.45) is 5.73 Å². The molecule has 0 amide bonds. The van der Waals surface area contributed by atoms with Gasteiger partial charge in [0.2, 0.25) is 5.89 Å². The van der Waals surface area contributed by atoms with E-state index < -0.39 is 0 Å². The van der Waals surface area contributed by atoms with E-state index in [1.165, 1.54) is 11.8 Å². The summed E-state index contributed by atoms with van der Waals surface area (Å²) in [5.41, 5.74) is 5.59. The third-order valence-corrected chi connectivity index (χ3v) is 3.73. The number of rotatable bonds is 6. The van der Waals surface area contributed by atoms with Crippen LogP contribution in [0.3, 0.4) is 0 Å². The van der Waals surface area contributed by atoms with Crippen molar-refractivity contribution in [3.63, 3.8) is 0 Å². The minimum Gasteiger partial charge on any atom is -0.459 e. The lowest BCUT2D eigenvalue weighted by atomic mass is 10.5. The Morgan fingerprint density at radius 2 is 2.19 bits per heavy atom. The lowest BCUT2D eigenvalue weighted by Gasteiger charge is -2.04. The largest absolute Gasteiger partial charge is 0.459 e. The maximum absolute atomic E-state index is 5.59. The Bertz CT molecular complexity index is 705. The molecule has 0 radical (unpaired) electrons. The predicted octanol–water partition coefficient (Wildman–Crippen LogP) is 1.48. The molecule has 0 atom stereocenters. The summed E-state index contributed by atoms with van der Waals surface area (Å²) in [5, 5.41) is 16.9. The van der Waals surface area contributed by atoms with Crippen LogP contribution in [-0.4, -0.2) is 31.5 Å². The van der Waals surface area contributed by atoms with Gasteiger partial charge in [-0.3, -0.25) is 0 Å². The number of nitrogens with two attached hydrogens (primary N) is 1. The van der Waals surface area contributed by atoms with Crippen molar-refractivity contribution in [2.45, 2.75) is 24.4 Å². The molecule has 0 unspecified atom stereocenters. The van der Waals surface area contributed by atoms with Gasteiger partial charge in [0.15, 0.2) is 10.9 Å². The topological polar surface area (TPSA) is 109 Å². The summed E-state index contributed by atoms with van der Waals surface area (Å²) in [6.45, 7) is 3.12. The Kier molecular flexibility index (Phi) is 4.02. The van der Waals surface area contributed by atoms with Crippen LogP contribution in [0.5, 0.6) is 0 Å². The van der Waals surface area contributed by atoms with Crippen LogP contribution in [0.2, 0.25) is 0 Å². The fourth-order valence-electron chi connectivity index (χ4n) is 1.79. The molecule has 0 bridgehead atoms. The summed E-state index contributed by atoms with van der Waals surface area (Å²) < 4.78 is 12.7. The Morgan fingerprint density at radius 1 is 1.29 bits per heavy atom. The van der Waals surface area contributed by atoms with Gasteiger partial charge in [0.1, 0.15) is 5.82 Å². The smallest absolute Gasteiger partial charge is 0.283 e. The van der Waals surface area contributed by atoms with Crippen LogP contribution in [0, 0.1) is 6.92 Å². The van der Waals surface area contributed by atoms with Gasteiger partial charge in [0.25, 0.3) is 5.89 Å². The molecule has 0 aliphatic carbocycles. The van der Waals surface area contributed by atoms with Crippen molar-refractivity contribution in [3.8, 4) is 11.7 Å². The molecule has 0 saturated carbocycles. The summed E-state index contributed by atoms with van der Waals surface area (Å²) in [7, 11) is 0. The second kappa shape index (κ2) is 6.10. The van der Waals surface area contributed by atoms with E-state index in [0.717, 1.165) is 11.0 Å². The van der Waals surface area contributed by atoms with Gasteiger partial charge < -0.3 is 19.1 Å². The zero-order valence-electron chi connectivity index (χ0n) is 11.4. The molecule has 3 heterocycles. The molecule has 8 nitrogen and oxygen atoms in total. The molecule has 3 aromatic rings. The molecule has 0 aromatic carbocycles. The average molecular weight is 306 g/mol. The first-order valence-corrected chi connectivity index (χ1v) is 7.35. The van der Waals surface area contributed by atoms with E-state index in [9.17, 15) is 0 Å². The molecule has 0 saturated heterocycles. The van der Waals surface area contributed by atoms with Gasteiger partial charge in [-0.05, 0) is 19.1 Å². The summed E-state index contributed by atoms with van der Waals surface area (Å²) in [4.78, 5) is 0. The van der Waals surface area contributed by atoms with Crippen molar-refractivity contribution in [1.82, 2.24) is 25.0 Å². The van der Waals surface area contributed by atoms with Crippen LogP contribution in [0.4, 0.5) is 0 Å². The van der Waals surface area contributed by atoms with Gasteiger partial charge in [-0.15, -0.1) is 20.4 Å². The molecular formula is C12H14N6O2S. The van der Waals surface area contributed by atoms with Crippen LogP contribution >= 0.6 is 11.8 Å². The minimum absolute atomic E-state index is 0.371. The van der Waals surface area contributed by atoms with E-state index in [2.05, 4.69) is 20.4 Å². The molecule has 3 rings (SSSR count). The Hall–Kier alpha value is -2.13. The summed E-state index contributed by atoms with van der Waals surface area (Å²) in [6, 6.07) is 3.54. The summed E-state index contributed by atoms with van der Waals surface area (Å²) in [6.07, 6.45) is 1.56. The lowest BCUT2D eigenvalue weighted by molar-refractivity contribution is 0.494. The van der Waals surface area contributed by atoms with Gasteiger partial charge in [-0.2, -0.15) is 0 Å². The number of aryl methyl sites for hydroxylation is 1. The van der Waals surface area contributed by atoms with E-state index in [-0.39, 0.29) is 0 Å². The fraction of sp³-hybridized carbons (Fsp3) is 0.333. The van der Waals surface area contributed by atoms with E-state index in [1.54, 1.807) is 18.4 Å². The summed E-state index contributed by atoms with van der Waals surface area (Å²) >= 11 is 1.48. The zero-order valence-corrected chi connectivity index (χ0v) is 12.2. The highest BCUT2D eigenvalue weighted by atomic mass is 32.2. The van der Waals surface area contributed by atoms with Crippen molar-refractivity contribution >= 4 is 11.8 Å². The van der Waals surface area contributed by atoms with Gasteiger partial charge >= 0.3 is 0 Å². The number of thioether (sulfide) groups is 1. The van der Waals surface area contributed by atoms with Crippen LogP contribution in [0.25, 0.3) is 11.7 Å². The normalized spacial score (nSPS) is 11.1.